The van der Waals surface area contributed by atoms with Crippen molar-refractivity contribution in [3.8, 4) is 35.8 Å². The van der Waals surface area contributed by atoms with Gasteiger partial charge in [-0.2, -0.15) is 0 Å². The molecule has 4 nitrogen and oxygen atoms in total. The van der Waals surface area contributed by atoms with E-state index in [9.17, 15) is 0 Å². The highest BCUT2D eigenvalue weighted by Crippen LogP contribution is 2.42. The van der Waals surface area contributed by atoms with E-state index in [0.29, 0.717) is 0 Å². The average Bonchev–Trinajstić information content (AvgIpc) is 3.20. The number of hydrogen-bond acceptors (Lipinski definition) is 4. The van der Waals surface area contributed by atoms with Crippen LogP contribution in [0.25, 0.3) is 11.1 Å². The molecule has 6 rings (SSSR count). The number of rotatable bonds is 14. The molecule has 0 saturated heterocycles. The lowest BCUT2D eigenvalue weighted by Gasteiger charge is -2.29. The lowest BCUT2D eigenvalue weighted by atomic mass is 9.98. The van der Waals surface area contributed by atoms with Crippen LogP contribution in [0.5, 0.6) is 0 Å². The van der Waals surface area contributed by atoms with Crippen molar-refractivity contribution in [2.24, 2.45) is 5.73 Å². The summed E-state index contributed by atoms with van der Waals surface area (Å²) in [6.07, 6.45) is 15.9. The predicted molar refractivity (Wildman–Crippen MR) is 241 cm³/mol. The molecule has 56 heavy (non-hydrogen) atoms. The Bertz CT molecular complexity index is 2370. The maximum atomic E-state index is 6.49. The molecule has 0 radical (unpaired) electrons. The van der Waals surface area contributed by atoms with Crippen molar-refractivity contribution in [3.05, 3.63) is 160 Å². The van der Waals surface area contributed by atoms with E-state index in [2.05, 4.69) is 178 Å². The minimum atomic E-state index is 0.0268. The molecule has 6 aromatic rings. The van der Waals surface area contributed by atoms with Crippen LogP contribution < -0.4 is 20.9 Å². The molecule has 0 heterocycles. The fourth-order valence-corrected chi connectivity index (χ4v) is 7.41. The first-order valence-electron chi connectivity index (χ1n) is 19.8. The fourth-order valence-electron chi connectivity index (χ4n) is 7.41. The third-order valence-electron chi connectivity index (χ3n) is 10.6. The van der Waals surface area contributed by atoms with Gasteiger partial charge in [0.1, 0.15) is 0 Å². The van der Waals surface area contributed by atoms with Crippen molar-refractivity contribution in [2.45, 2.75) is 73.3 Å². The van der Waals surface area contributed by atoms with E-state index >= 15 is 0 Å². The second-order valence-electron chi connectivity index (χ2n) is 14.8. The summed E-state index contributed by atoms with van der Waals surface area (Å²) >= 11 is 0. The second kappa shape index (κ2) is 18.0. The van der Waals surface area contributed by atoms with Crippen LogP contribution in [0.1, 0.15) is 84.5 Å². The molecular formula is C52H54N4. The van der Waals surface area contributed by atoms with Gasteiger partial charge < -0.3 is 20.9 Å². The minimum Gasteiger partial charge on any atom is -0.385 e. The molecule has 0 amide bonds. The van der Waals surface area contributed by atoms with Crippen LogP contribution in [0.15, 0.2) is 121 Å². The van der Waals surface area contributed by atoms with Gasteiger partial charge in [0.2, 0.25) is 0 Å². The highest BCUT2D eigenvalue weighted by Gasteiger charge is 2.19. The molecule has 6 aromatic carbocycles. The first-order valence-corrected chi connectivity index (χ1v) is 19.8. The van der Waals surface area contributed by atoms with Gasteiger partial charge in [-0.05, 0) is 177 Å². The van der Waals surface area contributed by atoms with Crippen LogP contribution in [-0.4, -0.2) is 6.54 Å². The predicted octanol–water partition coefficient (Wildman–Crippen LogP) is 13.5. The highest BCUT2D eigenvalue weighted by molar-refractivity contribution is 5.84. The van der Waals surface area contributed by atoms with E-state index < -0.39 is 0 Å². The van der Waals surface area contributed by atoms with Crippen molar-refractivity contribution in [2.75, 3.05) is 21.7 Å². The van der Waals surface area contributed by atoms with E-state index in [1.54, 1.807) is 0 Å². The Morgan fingerprint density at radius 2 is 1.02 bits per heavy atom. The van der Waals surface area contributed by atoms with Crippen LogP contribution in [0.2, 0.25) is 0 Å². The molecule has 0 aliphatic heterocycles. The maximum Gasteiger partial charge on any atom is 0.0491 e. The quantitative estimate of drug-likeness (QED) is 0.0864. The summed E-state index contributed by atoms with van der Waals surface area (Å²) in [6, 6.07) is 43.5. The fraction of sp³-hybridized carbons (Fsp3) is 0.231. The Kier molecular flexibility index (Phi) is 12.7. The SMILES string of the molecule is C#Cc1ccc(N(c2ccc(NCCCC)cc2)c2ccc(-c3ccc(N(c4ccc(C(N)CCC)cc4)c4ccc(C#C)c(C)c4)c(C)c3)cc2C)cc1C. The maximum absolute atomic E-state index is 6.49. The summed E-state index contributed by atoms with van der Waals surface area (Å²) in [5.41, 5.74) is 23.8. The topological polar surface area (TPSA) is 44.5 Å². The number of unbranched alkanes of at least 4 members (excludes halogenated alkanes) is 1. The third kappa shape index (κ3) is 8.68. The summed E-state index contributed by atoms with van der Waals surface area (Å²) < 4.78 is 0. The molecule has 0 aliphatic carbocycles. The Morgan fingerprint density at radius 1 is 0.554 bits per heavy atom. The van der Waals surface area contributed by atoms with Crippen molar-refractivity contribution in [1.82, 2.24) is 0 Å². The van der Waals surface area contributed by atoms with Gasteiger partial charge in [-0.1, -0.05) is 62.8 Å². The average molecular weight is 735 g/mol. The number of hydrogen-bond donors (Lipinski definition) is 2. The largest absolute Gasteiger partial charge is 0.385 e. The first-order chi connectivity index (χ1) is 27.1. The monoisotopic (exact) mass is 734 g/mol. The molecule has 0 spiro atoms. The minimum absolute atomic E-state index is 0.0268. The molecular weight excluding hydrogens is 681 g/mol. The molecule has 0 bridgehead atoms. The zero-order valence-corrected chi connectivity index (χ0v) is 33.8. The van der Waals surface area contributed by atoms with Gasteiger partial charge in [-0.25, -0.2) is 0 Å². The van der Waals surface area contributed by atoms with E-state index in [1.807, 2.05) is 12.1 Å². The molecule has 1 atom stereocenters. The van der Waals surface area contributed by atoms with Crippen molar-refractivity contribution in [1.29, 1.82) is 0 Å². The van der Waals surface area contributed by atoms with Gasteiger partial charge in [0.05, 0.1) is 0 Å². The standard InChI is InChI=1S/C52H54N4/c1-9-13-31-54-45-21-27-47(28-22-45)56(49-26-16-41(12-4)37(6)35-49)52-30-20-44(33-39(52)8)43-19-29-51(38(7)32-43)55(48-25-15-40(11-3)36(5)34-48)46-23-17-42(18-24-46)50(53)14-10-2/h3-4,15-30,32-35,50,54H,9-10,13-14,31,53H2,1-2,5-8H3. The second-order valence-corrected chi connectivity index (χ2v) is 14.8. The number of nitrogens with zero attached hydrogens (tertiary/aromatic N) is 2. The number of benzene rings is 6. The van der Waals surface area contributed by atoms with Gasteiger partial charge in [-0.15, -0.1) is 12.8 Å². The van der Waals surface area contributed by atoms with Crippen LogP contribution in [0, 0.1) is 52.4 Å². The summed E-state index contributed by atoms with van der Waals surface area (Å²) in [5.74, 6) is 5.64. The van der Waals surface area contributed by atoms with Crippen molar-refractivity contribution in [3.63, 3.8) is 0 Å². The van der Waals surface area contributed by atoms with Gasteiger partial charge in [0.15, 0.2) is 0 Å². The van der Waals surface area contributed by atoms with E-state index in [0.717, 1.165) is 117 Å². The molecule has 4 heteroatoms. The number of nitrogens with one attached hydrogen (secondary N) is 1. The normalized spacial score (nSPS) is 11.4. The Labute approximate surface area is 335 Å². The highest BCUT2D eigenvalue weighted by atomic mass is 15.1. The first kappa shape index (κ1) is 39.5. The Balaban J connectivity index is 1.37. The van der Waals surface area contributed by atoms with Gasteiger partial charge in [0.25, 0.3) is 0 Å². The van der Waals surface area contributed by atoms with E-state index in [1.165, 1.54) is 5.56 Å². The van der Waals surface area contributed by atoms with Gasteiger partial charge in [-0.3, -0.25) is 0 Å². The van der Waals surface area contributed by atoms with E-state index in [-0.39, 0.29) is 6.04 Å². The molecule has 1 unspecified atom stereocenters. The van der Waals surface area contributed by atoms with Crippen molar-refractivity contribution >= 4 is 39.8 Å². The smallest absolute Gasteiger partial charge is 0.0491 e. The number of terminal acetylenes is 2. The lowest BCUT2D eigenvalue weighted by Crippen LogP contribution is -2.13. The molecule has 0 aromatic heterocycles. The molecule has 0 fully saturated rings. The zero-order chi connectivity index (χ0) is 39.8. The molecule has 0 aliphatic rings. The van der Waals surface area contributed by atoms with Crippen molar-refractivity contribution < 1.29 is 0 Å². The third-order valence-corrected chi connectivity index (χ3v) is 10.6. The number of nitrogens with two attached hydrogens (primary N) is 1. The summed E-state index contributed by atoms with van der Waals surface area (Å²) in [7, 11) is 0. The lowest BCUT2D eigenvalue weighted by molar-refractivity contribution is 0.638. The summed E-state index contributed by atoms with van der Waals surface area (Å²) in [6.45, 7) is 13.9. The zero-order valence-electron chi connectivity index (χ0n) is 33.8. The van der Waals surface area contributed by atoms with Crippen LogP contribution in [0.4, 0.5) is 39.8 Å². The van der Waals surface area contributed by atoms with Crippen LogP contribution in [-0.2, 0) is 0 Å². The molecule has 0 saturated carbocycles. The van der Waals surface area contributed by atoms with Gasteiger partial charge >= 0.3 is 0 Å². The Hall–Kier alpha value is -6.20. The van der Waals surface area contributed by atoms with Crippen LogP contribution in [0.3, 0.4) is 0 Å². The molecule has 3 N–H and O–H groups in total. The summed E-state index contributed by atoms with van der Waals surface area (Å²) in [4.78, 5) is 4.63. The number of anilines is 7. The van der Waals surface area contributed by atoms with Gasteiger partial charge in [0, 0.05) is 63.5 Å². The van der Waals surface area contributed by atoms with E-state index in [4.69, 9.17) is 18.6 Å². The molecule has 282 valence electrons. The summed E-state index contributed by atoms with van der Waals surface area (Å²) in [5, 5.41) is 3.55. The Morgan fingerprint density at radius 3 is 1.43 bits per heavy atom. The van der Waals surface area contributed by atoms with Crippen LogP contribution >= 0.6 is 0 Å². The number of aryl methyl sites for hydroxylation is 4.